The molecule has 7 nitrogen and oxygen atoms in total. The Morgan fingerprint density at radius 3 is 2.50 bits per heavy atom. The largest absolute Gasteiger partial charge is 0.382 e. The Labute approximate surface area is 223 Å². The number of carbonyl (C=O) groups is 1. The molecule has 2 unspecified atom stereocenters. The molecule has 1 aliphatic rings. The van der Waals surface area contributed by atoms with Crippen molar-refractivity contribution in [2.45, 2.75) is 55.3 Å². The van der Waals surface area contributed by atoms with Crippen molar-refractivity contribution in [1.82, 2.24) is 9.97 Å². The van der Waals surface area contributed by atoms with Crippen molar-refractivity contribution in [2.24, 2.45) is 11.8 Å². The van der Waals surface area contributed by atoms with E-state index in [4.69, 9.17) is 11.6 Å². The van der Waals surface area contributed by atoms with Gasteiger partial charge in [-0.1, -0.05) is 25.4 Å². The van der Waals surface area contributed by atoms with Crippen molar-refractivity contribution in [3.8, 4) is 0 Å². The predicted molar refractivity (Wildman–Crippen MR) is 136 cm³/mol. The molecular formula is C26H27ClF3N3O4S. The third kappa shape index (κ3) is 5.32. The van der Waals surface area contributed by atoms with Gasteiger partial charge in [0, 0.05) is 35.8 Å². The molecule has 0 saturated heterocycles. The second kappa shape index (κ2) is 10.7. The van der Waals surface area contributed by atoms with E-state index in [2.05, 4.69) is 15.3 Å². The Balaban J connectivity index is 1.64. The number of hydrogen-bond donors (Lipinski definition) is 3. The van der Waals surface area contributed by atoms with Gasteiger partial charge in [-0.3, -0.25) is 4.79 Å². The van der Waals surface area contributed by atoms with Crippen molar-refractivity contribution in [1.29, 1.82) is 0 Å². The average molecular weight is 570 g/mol. The summed E-state index contributed by atoms with van der Waals surface area (Å²) < 4.78 is 68.2. The molecule has 4 atom stereocenters. The van der Waals surface area contributed by atoms with Crippen LogP contribution < -0.4 is 5.32 Å². The number of nitrogens with one attached hydrogen (secondary N) is 2. The SMILES string of the molecule is CC[C@](O)(C[C@@H]1CCC(C)C1S(=O)(=O)c1cc(C(=O)Nc2cc(F)c(F)c(F)c2)ccc1Cl)c1ncc[nH]1. The summed E-state index contributed by atoms with van der Waals surface area (Å²) in [6.07, 6.45) is 4.77. The van der Waals surface area contributed by atoms with Gasteiger partial charge < -0.3 is 15.4 Å². The molecule has 204 valence electrons. The molecule has 3 N–H and O–H groups in total. The fraction of sp³-hybridized carbons (Fsp3) is 0.385. The second-order valence-corrected chi connectivity index (χ2v) is 12.2. The summed E-state index contributed by atoms with van der Waals surface area (Å²) in [4.78, 5) is 19.6. The number of halogens is 4. The number of nitrogens with zero attached hydrogens (tertiary/aromatic N) is 1. The molecule has 12 heteroatoms. The van der Waals surface area contributed by atoms with Crippen LogP contribution in [-0.4, -0.2) is 34.6 Å². The summed E-state index contributed by atoms with van der Waals surface area (Å²) in [5.74, 6) is -5.81. The van der Waals surface area contributed by atoms with Crippen molar-refractivity contribution in [3.63, 3.8) is 0 Å². The van der Waals surface area contributed by atoms with Crippen LogP contribution in [0.4, 0.5) is 18.9 Å². The maximum Gasteiger partial charge on any atom is 0.255 e. The van der Waals surface area contributed by atoms with Gasteiger partial charge in [0.15, 0.2) is 27.3 Å². The molecule has 1 heterocycles. The van der Waals surface area contributed by atoms with Gasteiger partial charge in [0.25, 0.3) is 5.91 Å². The van der Waals surface area contributed by atoms with Crippen LogP contribution in [0.3, 0.4) is 0 Å². The van der Waals surface area contributed by atoms with Crippen LogP contribution in [0.5, 0.6) is 0 Å². The van der Waals surface area contributed by atoms with E-state index in [0.717, 1.165) is 6.07 Å². The smallest absolute Gasteiger partial charge is 0.255 e. The minimum atomic E-state index is -4.09. The van der Waals surface area contributed by atoms with E-state index in [0.29, 0.717) is 37.2 Å². The van der Waals surface area contributed by atoms with Gasteiger partial charge in [-0.25, -0.2) is 26.6 Å². The van der Waals surface area contributed by atoms with Crippen LogP contribution >= 0.6 is 11.6 Å². The third-order valence-electron chi connectivity index (χ3n) is 7.24. The lowest BCUT2D eigenvalue weighted by atomic mass is 9.86. The van der Waals surface area contributed by atoms with Gasteiger partial charge in [0.05, 0.1) is 15.2 Å². The van der Waals surface area contributed by atoms with Gasteiger partial charge >= 0.3 is 0 Å². The molecule has 1 amide bonds. The van der Waals surface area contributed by atoms with E-state index in [9.17, 15) is 31.5 Å². The molecule has 0 radical (unpaired) electrons. The van der Waals surface area contributed by atoms with Crippen LogP contribution in [0.1, 0.15) is 55.7 Å². The Kier molecular flexibility index (Phi) is 7.92. The molecule has 1 saturated carbocycles. The van der Waals surface area contributed by atoms with Crippen LogP contribution in [0.15, 0.2) is 47.6 Å². The van der Waals surface area contributed by atoms with Gasteiger partial charge in [0.1, 0.15) is 11.4 Å². The molecule has 4 rings (SSSR count). The Hall–Kier alpha value is -2.89. The number of hydrogen-bond acceptors (Lipinski definition) is 5. The Morgan fingerprint density at radius 2 is 1.89 bits per heavy atom. The maximum absolute atomic E-state index is 13.9. The average Bonchev–Trinajstić information content (AvgIpc) is 3.53. The number of aromatic amines is 1. The predicted octanol–water partition coefficient (Wildman–Crippen LogP) is 5.61. The molecule has 0 spiro atoms. The molecule has 38 heavy (non-hydrogen) atoms. The number of sulfone groups is 1. The van der Waals surface area contributed by atoms with E-state index in [-0.39, 0.29) is 33.5 Å². The molecule has 3 aromatic rings. The molecule has 2 aromatic carbocycles. The lowest BCUT2D eigenvalue weighted by molar-refractivity contribution is -0.00000550. The van der Waals surface area contributed by atoms with Crippen molar-refractivity contribution >= 4 is 33.0 Å². The fourth-order valence-electron chi connectivity index (χ4n) is 5.25. The van der Waals surface area contributed by atoms with E-state index in [1.807, 2.05) is 6.92 Å². The first-order chi connectivity index (χ1) is 17.9. The minimum absolute atomic E-state index is 0.0879. The molecule has 0 aliphatic heterocycles. The van der Waals surface area contributed by atoms with E-state index in [1.165, 1.54) is 18.3 Å². The molecule has 1 aliphatic carbocycles. The zero-order valence-corrected chi connectivity index (χ0v) is 22.2. The lowest BCUT2D eigenvalue weighted by Crippen LogP contribution is -2.37. The highest BCUT2D eigenvalue weighted by atomic mass is 35.5. The summed E-state index contributed by atoms with van der Waals surface area (Å²) in [5, 5.41) is 12.6. The standard InChI is InChI=1S/C26H27ClF3N3O4S/c1-3-26(35,25-31-8-9-32-25)13-16-5-4-14(2)23(16)38(36,37)21-10-15(6-7-18(21)27)24(34)33-17-11-19(28)22(30)20(29)12-17/h6-12,14,16,23,35H,3-5,13H2,1-2H3,(H,31,32)(H,33,34)/t14?,16-,23?,26-/m0/s1. The third-order valence-corrected chi connectivity index (χ3v) is 10.2. The highest BCUT2D eigenvalue weighted by Gasteiger charge is 2.47. The van der Waals surface area contributed by atoms with Gasteiger partial charge in [-0.15, -0.1) is 0 Å². The van der Waals surface area contributed by atoms with Crippen LogP contribution in [0, 0.1) is 29.3 Å². The molecular weight excluding hydrogens is 543 g/mol. The lowest BCUT2D eigenvalue weighted by Gasteiger charge is -2.31. The fourth-order valence-corrected chi connectivity index (χ4v) is 8.10. The van der Waals surface area contributed by atoms with E-state index >= 15 is 0 Å². The zero-order chi connectivity index (χ0) is 27.8. The van der Waals surface area contributed by atoms with E-state index in [1.54, 1.807) is 13.1 Å². The minimum Gasteiger partial charge on any atom is -0.382 e. The number of benzene rings is 2. The van der Waals surface area contributed by atoms with Crippen molar-refractivity contribution < 1.29 is 31.5 Å². The van der Waals surface area contributed by atoms with Crippen LogP contribution in [0.25, 0.3) is 0 Å². The molecule has 0 bridgehead atoms. The first-order valence-corrected chi connectivity index (χ1v) is 14.0. The highest BCUT2D eigenvalue weighted by molar-refractivity contribution is 7.92. The van der Waals surface area contributed by atoms with Gasteiger partial charge in [-0.2, -0.15) is 0 Å². The number of rotatable bonds is 8. The quantitative estimate of drug-likeness (QED) is 0.305. The Bertz CT molecular complexity index is 1430. The number of H-pyrrole nitrogens is 1. The number of aliphatic hydroxyl groups is 1. The van der Waals surface area contributed by atoms with Crippen molar-refractivity contribution in [3.05, 3.63) is 76.6 Å². The summed E-state index contributed by atoms with van der Waals surface area (Å²) in [6, 6.07) is 4.87. The normalized spacial score (nSPS) is 21.3. The van der Waals surface area contributed by atoms with Gasteiger partial charge in [0.2, 0.25) is 0 Å². The summed E-state index contributed by atoms with van der Waals surface area (Å²) >= 11 is 6.30. The number of imidazole rings is 1. The maximum atomic E-state index is 13.9. The van der Waals surface area contributed by atoms with Crippen LogP contribution in [0.2, 0.25) is 5.02 Å². The van der Waals surface area contributed by atoms with Gasteiger partial charge in [-0.05, 0) is 55.7 Å². The molecule has 1 fully saturated rings. The second-order valence-electron chi connectivity index (χ2n) is 9.70. The molecule has 1 aromatic heterocycles. The topological polar surface area (TPSA) is 112 Å². The number of carbonyl (C=O) groups excluding carboxylic acids is 1. The zero-order valence-electron chi connectivity index (χ0n) is 20.6. The first kappa shape index (κ1) is 28.1. The Morgan fingerprint density at radius 1 is 1.21 bits per heavy atom. The monoisotopic (exact) mass is 569 g/mol. The summed E-state index contributed by atoms with van der Waals surface area (Å²) in [6.45, 7) is 3.62. The highest BCUT2D eigenvalue weighted by Crippen LogP contribution is 2.45. The number of amides is 1. The van der Waals surface area contributed by atoms with Crippen LogP contribution in [-0.2, 0) is 15.4 Å². The van der Waals surface area contributed by atoms with Crippen molar-refractivity contribution in [2.75, 3.05) is 5.32 Å². The summed E-state index contributed by atoms with van der Waals surface area (Å²) in [5.41, 5.74) is -1.81. The number of anilines is 1. The summed E-state index contributed by atoms with van der Waals surface area (Å²) in [7, 11) is -4.09. The first-order valence-electron chi connectivity index (χ1n) is 12.1. The number of aromatic nitrogens is 2. The van der Waals surface area contributed by atoms with E-state index < -0.39 is 50.0 Å².